The van der Waals surface area contributed by atoms with Gasteiger partial charge in [-0.25, -0.2) is 0 Å². The first-order valence-electron chi connectivity index (χ1n) is 9.58. The van der Waals surface area contributed by atoms with Gasteiger partial charge in [-0.2, -0.15) is 0 Å². The number of benzene rings is 1. The first-order valence-corrected chi connectivity index (χ1v) is 14.2. The molecule has 1 fully saturated rings. The molecule has 2 nitrogen and oxygen atoms in total. The predicted molar refractivity (Wildman–Crippen MR) is 127 cm³/mol. The second kappa shape index (κ2) is 10.3. The number of nitrogens with one attached hydrogen (secondary N) is 1. The van der Waals surface area contributed by atoms with Crippen LogP contribution in [0.25, 0.3) is 11.3 Å². The maximum atomic E-state index is 4.30. The van der Waals surface area contributed by atoms with E-state index in [-0.39, 0.29) is 0 Å². The molecular formula is C23H35IN2. The molecule has 0 bridgehead atoms. The fourth-order valence-corrected chi connectivity index (χ4v) is 8.96. The SMILES string of the molecule is C=C/C(C)=C(/CC)c1cc(C(=C)NCCI2CCN(C)CC2)ccc1C. The van der Waals surface area contributed by atoms with Gasteiger partial charge >= 0.3 is 168 Å². The van der Waals surface area contributed by atoms with Crippen LogP contribution < -0.4 is 5.32 Å². The molecule has 0 atom stereocenters. The summed E-state index contributed by atoms with van der Waals surface area (Å²) in [5, 5.41) is 3.60. The Morgan fingerprint density at radius 1 is 1.31 bits per heavy atom. The number of aryl methyl sites for hydroxylation is 1. The molecule has 2 rings (SSSR count). The van der Waals surface area contributed by atoms with Gasteiger partial charge < -0.3 is 0 Å². The summed E-state index contributed by atoms with van der Waals surface area (Å²) in [6.07, 6.45) is 2.98. The molecule has 1 aromatic rings. The molecule has 0 unspecified atom stereocenters. The minimum atomic E-state index is -0.716. The van der Waals surface area contributed by atoms with Crippen LogP contribution in [0, 0.1) is 6.92 Å². The average molecular weight is 466 g/mol. The number of halogens is 1. The van der Waals surface area contributed by atoms with Crippen LogP contribution in [0.3, 0.4) is 0 Å². The zero-order valence-electron chi connectivity index (χ0n) is 17.0. The minimum absolute atomic E-state index is 0.716. The Morgan fingerprint density at radius 3 is 2.62 bits per heavy atom. The third-order valence-electron chi connectivity index (χ3n) is 5.21. The summed E-state index contributed by atoms with van der Waals surface area (Å²) in [5.41, 5.74) is 7.56. The second-order valence-corrected chi connectivity index (χ2v) is 13.6. The summed E-state index contributed by atoms with van der Waals surface area (Å²) >= 11 is -0.716. The van der Waals surface area contributed by atoms with E-state index in [1.54, 1.807) is 0 Å². The number of nitrogens with zero attached hydrogens (tertiary/aromatic N) is 1. The first kappa shape index (κ1) is 21.2. The number of allylic oxidation sites excluding steroid dienone is 3. The van der Waals surface area contributed by atoms with Gasteiger partial charge in [0.15, 0.2) is 0 Å². The molecule has 0 aliphatic carbocycles. The third-order valence-corrected chi connectivity index (χ3v) is 11.3. The number of alkyl halides is 3. The van der Waals surface area contributed by atoms with Crippen LogP contribution >= 0.6 is 19.8 Å². The quantitative estimate of drug-likeness (QED) is 0.315. The van der Waals surface area contributed by atoms with E-state index in [9.17, 15) is 0 Å². The summed E-state index contributed by atoms with van der Waals surface area (Å²) in [6.45, 7) is 18.5. The van der Waals surface area contributed by atoms with E-state index in [1.165, 1.54) is 54.2 Å². The van der Waals surface area contributed by atoms with Gasteiger partial charge in [0.25, 0.3) is 0 Å². The van der Waals surface area contributed by atoms with Crippen molar-refractivity contribution in [3.05, 3.63) is 59.7 Å². The van der Waals surface area contributed by atoms with E-state index in [1.807, 2.05) is 6.08 Å². The van der Waals surface area contributed by atoms with Gasteiger partial charge in [-0.3, -0.25) is 0 Å². The molecule has 144 valence electrons. The van der Waals surface area contributed by atoms with Crippen molar-refractivity contribution in [2.24, 2.45) is 0 Å². The van der Waals surface area contributed by atoms with Crippen LogP contribution in [-0.4, -0.2) is 44.9 Å². The monoisotopic (exact) mass is 466 g/mol. The van der Waals surface area contributed by atoms with Crippen LogP contribution in [0.15, 0.2) is 43.0 Å². The summed E-state index contributed by atoms with van der Waals surface area (Å²) in [4.78, 5) is 2.47. The fraction of sp³-hybridized carbons (Fsp3) is 0.478. The van der Waals surface area contributed by atoms with Crippen molar-refractivity contribution in [3.63, 3.8) is 0 Å². The van der Waals surface area contributed by atoms with Crippen molar-refractivity contribution in [3.8, 4) is 0 Å². The molecule has 1 N–H and O–H groups in total. The summed E-state index contributed by atoms with van der Waals surface area (Å²) in [6, 6.07) is 6.71. The molecule has 0 saturated carbocycles. The zero-order chi connectivity index (χ0) is 19.1. The summed E-state index contributed by atoms with van der Waals surface area (Å²) in [7, 11) is 2.25. The van der Waals surface area contributed by atoms with Gasteiger partial charge in [-0.1, -0.05) is 0 Å². The number of hydrogen-bond donors (Lipinski definition) is 1. The second-order valence-electron chi connectivity index (χ2n) is 7.09. The van der Waals surface area contributed by atoms with E-state index in [2.05, 4.69) is 69.4 Å². The number of rotatable bonds is 8. The Hall–Kier alpha value is -1.07. The van der Waals surface area contributed by atoms with Crippen molar-refractivity contribution in [2.45, 2.75) is 27.2 Å². The van der Waals surface area contributed by atoms with E-state index < -0.39 is 19.8 Å². The molecule has 0 aromatic heterocycles. The molecule has 0 radical (unpaired) electrons. The standard InChI is InChI=1S/C23H35IN2/c1-7-18(3)22(8-2)23-17-21(10-9-19(23)4)20(5)25-14-11-24-12-15-26(6)16-13-24/h7,9-10,17,25H,1,5,8,11-16H2,2-4,6H3/b22-18-. The molecule has 1 saturated heterocycles. The Labute approximate surface area is 167 Å². The predicted octanol–water partition coefficient (Wildman–Crippen LogP) is 5.38. The Morgan fingerprint density at radius 2 is 2.00 bits per heavy atom. The molecule has 3 heteroatoms. The first-order chi connectivity index (χ1) is 12.5. The van der Waals surface area contributed by atoms with Crippen molar-refractivity contribution >= 4 is 31.1 Å². The summed E-state index contributed by atoms with van der Waals surface area (Å²) in [5.74, 6) is 0. The topological polar surface area (TPSA) is 15.3 Å². The molecule has 0 amide bonds. The Bertz CT molecular complexity index is 667. The van der Waals surface area contributed by atoms with E-state index >= 15 is 0 Å². The zero-order valence-corrected chi connectivity index (χ0v) is 19.2. The Balaban J connectivity index is 2.01. The van der Waals surface area contributed by atoms with Gasteiger partial charge in [0.2, 0.25) is 0 Å². The molecular weight excluding hydrogens is 431 g/mol. The molecule has 1 heterocycles. The molecule has 1 aliphatic heterocycles. The van der Waals surface area contributed by atoms with Crippen LogP contribution in [0.2, 0.25) is 0 Å². The third kappa shape index (κ3) is 5.71. The van der Waals surface area contributed by atoms with Gasteiger partial charge in [0.1, 0.15) is 0 Å². The van der Waals surface area contributed by atoms with Gasteiger partial charge in [0, 0.05) is 0 Å². The summed E-state index contributed by atoms with van der Waals surface area (Å²) < 4.78 is 4.36. The van der Waals surface area contributed by atoms with E-state index in [4.69, 9.17) is 0 Å². The van der Waals surface area contributed by atoms with Crippen molar-refractivity contribution < 1.29 is 0 Å². The molecule has 26 heavy (non-hydrogen) atoms. The van der Waals surface area contributed by atoms with Gasteiger partial charge in [-0.15, -0.1) is 0 Å². The van der Waals surface area contributed by atoms with Crippen LogP contribution in [0.4, 0.5) is 0 Å². The van der Waals surface area contributed by atoms with Gasteiger partial charge in [0.05, 0.1) is 0 Å². The van der Waals surface area contributed by atoms with E-state index in [0.29, 0.717) is 0 Å². The van der Waals surface area contributed by atoms with Crippen LogP contribution in [0.1, 0.15) is 37.0 Å². The molecule has 1 aliphatic rings. The van der Waals surface area contributed by atoms with E-state index in [0.717, 1.165) is 18.7 Å². The Kier molecular flexibility index (Phi) is 8.42. The van der Waals surface area contributed by atoms with Crippen molar-refractivity contribution in [1.29, 1.82) is 0 Å². The molecule has 0 spiro atoms. The normalized spacial score (nSPS) is 17.6. The van der Waals surface area contributed by atoms with Gasteiger partial charge in [-0.05, 0) is 0 Å². The molecule has 1 aromatic carbocycles. The maximum absolute atomic E-state index is 4.30. The van der Waals surface area contributed by atoms with Crippen molar-refractivity contribution in [1.82, 2.24) is 10.2 Å². The average Bonchev–Trinajstić information content (AvgIpc) is 2.65. The van der Waals surface area contributed by atoms with Crippen LogP contribution in [-0.2, 0) is 0 Å². The fourth-order valence-electron chi connectivity index (χ4n) is 3.30. The van der Waals surface area contributed by atoms with Crippen LogP contribution in [0.5, 0.6) is 0 Å². The van der Waals surface area contributed by atoms with Crippen molar-refractivity contribution in [2.75, 3.05) is 40.0 Å². The number of hydrogen-bond acceptors (Lipinski definition) is 2.